The van der Waals surface area contributed by atoms with Crippen LogP contribution in [0.25, 0.3) is 0 Å². The summed E-state index contributed by atoms with van der Waals surface area (Å²) in [5, 5.41) is 28.0. The van der Waals surface area contributed by atoms with Gasteiger partial charge in [-0.15, -0.1) is 0 Å². The van der Waals surface area contributed by atoms with Crippen molar-refractivity contribution in [2.75, 3.05) is 19.7 Å². The molecule has 0 unspecified atom stereocenters. The second-order valence-electron chi connectivity index (χ2n) is 3.48. The number of aliphatic hydroxyl groups is 3. The Morgan fingerprint density at radius 3 is 2.33 bits per heavy atom. The molecule has 7 N–H and O–H groups in total. The Bertz CT molecular complexity index is 190. The molecule has 0 saturated carbocycles. The van der Waals surface area contributed by atoms with Gasteiger partial charge in [-0.05, 0) is 0 Å². The van der Waals surface area contributed by atoms with Crippen LogP contribution in [0.1, 0.15) is 0 Å². The van der Waals surface area contributed by atoms with Crippen molar-refractivity contribution >= 4 is 0 Å². The van der Waals surface area contributed by atoms with Crippen LogP contribution in [0.5, 0.6) is 0 Å². The largest absolute Gasteiger partial charge is 0.388 e. The minimum Gasteiger partial charge on any atom is -0.388 e. The van der Waals surface area contributed by atoms with Crippen LogP contribution in [0.3, 0.4) is 0 Å². The molecule has 0 radical (unpaired) electrons. The van der Waals surface area contributed by atoms with Crippen LogP contribution in [0, 0.1) is 0 Å². The second kappa shape index (κ2) is 5.71. The van der Waals surface area contributed by atoms with Gasteiger partial charge in [0.2, 0.25) is 0 Å². The first-order valence-corrected chi connectivity index (χ1v) is 4.81. The smallest absolute Gasteiger partial charge is 0.186 e. The van der Waals surface area contributed by atoms with Crippen molar-refractivity contribution in [1.29, 1.82) is 0 Å². The lowest BCUT2D eigenvalue weighted by Gasteiger charge is -2.36. The van der Waals surface area contributed by atoms with Gasteiger partial charge in [-0.2, -0.15) is 0 Å². The van der Waals surface area contributed by atoms with Gasteiger partial charge in [0.1, 0.15) is 18.3 Å². The summed E-state index contributed by atoms with van der Waals surface area (Å²) in [6.07, 6.45) is -5.11. The summed E-state index contributed by atoms with van der Waals surface area (Å²) in [7, 11) is 0. The number of hydrogen-bond acceptors (Lipinski definition) is 7. The van der Waals surface area contributed by atoms with Gasteiger partial charge in [-0.25, -0.2) is 0 Å². The van der Waals surface area contributed by atoms with E-state index >= 15 is 0 Å². The van der Waals surface area contributed by atoms with E-state index in [0.717, 1.165) is 0 Å². The molecule has 0 aliphatic carbocycles. The van der Waals surface area contributed by atoms with E-state index < -0.39 is 30.7 Å². The summed E-state index contributed by atoms with van der Waals surface area (Å²) in [6.45, 7) is 0.300. The van der Waals surface area contributed by atoms with Crippen LogP contribution in [0.2, 0.25) is 0 Å². The molecular formula is C8H18N2O5. The first-order chi connectivity index (χ1) is 7.10. The molecule has 0 bridgehead atoms. The van der Waals surface area contributed by atoms with Crippen LogP contribution in [-0.2, 0) is 9.47 Å². The number of hydrogen-bond donors (Lipinski definition) is 5. The standard InChI is InChI=1S/C8H18N2O5/c9-1-4(2-10)15-8-7(13)6(12)5(11)3-14-8/h4-8,11-13H,1-3,9-10H2/t5-,6+,7-,8+/m1/s1. The predicted octanol–water partition coefficient (Wildman–Crippen LogP) is -3.27. The van der Waals surface area contributed by atoms with Gasteiger partial charge in [0.15, 0.2) is 6.29 Å². The molecule has 0 amide bonds. The fraction of sp³-hybridized carbons (Fsp3) is 1.00. The highest BCUT2D eigenvalue weighted by molar-refractivity contribution is 4.83. The summed E-state index contributed by atoms with van der Waals surface area (Å²) >= 11 is 0. The number of aliphatic hydroxyl groups excluding tert-OH is 3. The maximum atomic E-state index is 9.51. The second-order valence-corrected chi connectivity index (χ2v) is 3.48. The average molecular weight is 222 g/mol. The van der Waals surface area contributed by atoms with Gasteiger partial charge in [0.05, 0.1) is 12.7 Å². The Balaban J connectivity index is 2.48. The number of nitrogens with two attached hydrogens (primary N) is 2. The minimum absolute atomic E-state index is 0.0925. The zero-order valence-corrected chi connectivity index (χ0v) is 8.32. The van der Waals surface area contributed by atoms with Gasteiger partial charge in [0, 0.05) is 13.1 Å². The molecular weight excluding hydrogens is 204 g/mol. The zero-order chi connectivity index (χ0) is 11.4. The van der Waals surface area contributed by atoms with Crippen molar-refractivity contribution in [1.82, 2.24) is 0 Å². The van der Waals surface area contributed by atoms with Gasteiger partial charge >= 0.3 is 0 Å². The first-order valence-electron chi connectivity index (χ1n) is 4.81. The van der Waals surface area contributed by atoms with E-state index in [0.29, 0.717) is 0 Å². The molecule has 4 atom stereocenters. The summed E-state index contributed by atoms with van der Waals surface area (Å²) in [4.78, 5) is 0. The third-order valence-electron chi connectivity index (χ3n) is 2.31. The Kier molecular flexibility index (Phi) is 4.87. The third-order valence-corrected chi connectivity index (χ3v) is 2.31. The van der Waals surface area contributed by atoms with E-state index in [-0.39, 0.29) is 19.7 Å². The average Bonchev–Trinajstić information content (AvgIpc) is 2.25. The highest BCUT2D eigenvalue weighted by Gasteiger charge is 2.38. The summed E-state index contributed by atoms with van der Waals surface area (Å²) < 4.78 is 10.2. The molecule has 1 rings (SSSR count). The molecule has 7 nitrogen and oxygen atoms in total. The van der Waals surface area contributed by atoms with Crippen molar-refractivity contribution in [3.8, 4) is 0 Å². The minimum atomic E-state index is -1.30. The summed E-state index contributed by atoms with van der Waals surface area (Å²) in [6, 6.07) is 0. The van der Waals surface area contributed by atoms with Crippen molar-refractivity contribution in [3.63, 3.8) is 0 Å². The maximum absolute atomic E-state index is 9.51. The quantitative estimate of drug-likeness (QED) is 0.337. The Hall–Kier alpha value is -0.280. The third kappa shape index (κ3) is 3.08. The monoisotopic (exact) mass is 222 g/mol. The van der Waals surface area contributed by atoms with Gasteiger partial charge in [-0.3, -0.25) is 0 Å². The Morgan fingerprint density at radius 1 is 1.20 bits per heavy atom. The molecule has 0 aromatic carbocycles. The van der Waals surface area contributed by atoms with E-state index in [9.17, 15) is 15.3 Å². The molecule has 1 heterocycles. The molecule has 1 fully saturated rings. The van der Waals surface area contributed by atoms with Gasteiger partial charge in [-0.1, -0.05) is 0 Å². The fourth-order valence-electron chi connectivity index (χ4n) is 1.30. The SMILES string of the molecule is NCC(CN)O[C@@H]1OC[C@@H](O)[C@H](O)[C@H]1O. The zero-order valence-electron chi connectivity index (χ0n) is 8.32. The number of ether oxygens (including phenoxy) is 2. The van der Waals surface area contributed by atoms with E-state index in [1.165, 1.54) is 0 Å². The highest BCUT2D eigenvalue weighted by Crippen LogP contribution is 2.17. The van der Waals surface area contributed by atoms with E-state index in [1.54, 1.807) is 0 Å². The lowest BCUT2D eigenvalue weighted by molar-refractivity contribution is -0.280. The fourth-order valence-corrected chi connectivity index (χ4v) is 1.30. The molecule has 1 aliphatic rings. The van der Waals surface area contributed by atoms with E-state index in [4.69, 9.17) is 20.9 Å². The van der Waals surface area contributed by atoms with E-state index in [1.807, 2.05) is 0 Å². The van der Waals surface area contributed by atoms with Crippen molar-refractivity contribution in [3.05, 3.63) is 0 Å². The highest BCUT2D eigenvalue weighted by atomic mass is 16.7. The predicted molar refractivity (Wildman–Crippen MR) is 50.7 cm³/mol. The topological polar surface area (TPSA) is 131 Å². The molecule has 0 spiro atoms. The lowest BCUT2D eigenvalue weighted by atomic mass is 10.1. The molecule has 0 aromatic rings. The molecule has 7 heteroatoms. The van der Waals surface area contributed by atoms with Crippen LogP contribution in [0.4, 0.5) is 0 Å². The first kappa shape index (κ1) is 12.8. The molecule has 90 valence electrons. The summed E-state index contributed by atoms with van der Waals surface area (Å²) in [5.41, 5.74) is 10.7. The summed E-state index contributed by atoms with van der Waals surface area (Å²) in [5.74, 6) is 0. The van der Waals surface area contributed by atoms with Gasteiger partial charge in [0.25, 0.3) is 0 Å². The Morgan fingerprint density at radius 2 is 1.80 bits per heavy atom. The van der Waals surface area contributed by atoms with Crippen LogP contribution in [0.15, 0.2) is 0 Å². The van der Waals surface area contributed by atoms with Crippen LogP contribution >= 0.6 is 0 Å². The van der Waals surface area contributed by atoms with Gasteiger partial charge < -0.3 is 36.3 Å². The Labute approximate surface area is 87.6 Å². The van der Waals surface area contributed by atoms with Crippen molar-refractivity contribution in [2.24, 2.45) is 11.5 Å². The molecule has 1 saturated heterocycles. The van der Waals surface area contributed by atoms with Crippen LogP contribution < -0.4 is 11.5 Å². The number of rotatable bonds is 4. The lowest BCUT2D eigenvalue weighted by Crippen LogP contribution is -2.55. The molecule has 0 aromatic heterocycles. The normalized spacial score (nSPS) is 37.2. The molecule has 15 heavy (non-hydrogen) atoms. The van der Waals surface area contributed by atoms with Crippen molar-refractivity contribution < 1.29 is 24.8 Å². The molecule has 1 aliphatic heterocycles. The maximum Gasteiger partial charge on any atom is 0.186 e. The van der Waals surface area contributed by atoms with Crippen molar-refractivity contribution in [2.45, 2.75) is 30.7 Å². The van der Waals surface area contributed by atoms with Crippen LogP contribution in [-0.4, -0.2) is 65.7 Å². The van der Waals surface area contributed by atoms with E-state index in [2.05, 4.69) is 0 Å².